The van der Waals surface area contributed by atoms with Crippen molar-refractivity contribution in [3.63, 3.8) is 0 Å². The standard InChI is InChI=1S/C15H22N6O.2ClH/c1-4-7-20(12-5-6-16-9-12)14(22)13-18-15-17-10(2)8-11(3)21(15)19-13;;/h8,12,16H,4-7,9H2,1-3H3;2*1H. The van der Waals surface area contributed by atoms with Crippen LogP contribution >= 0.6 is 24.8 Å². The minimum Gasteiger partial charge on any atom is -0.332 e. The van der Waals surface area contributed by atoms with Crippen molar-refractivity contribution in [2.24, 2.45) is 0 Å². The van der Waals surface area contributed by atoms with E-state index < -0.39 is 0 Å². The maximum atomic E-state index is 12.8. The van der Waals surface area contributed by atoms with Gasteiger partial charge in [-0.25, -0.2) is 9.50 Å². The van der Waals surface area contributed by atoms with Crippen LogP contribution < -0.4 is 5.32 Å². The Kier molecular flexibility index (Phi) is 7.38. The lowest BCUT2D eigenvalue weighted by atomic mass is 10.2. The fraction of sp³-hybridized carbons (Fsp3) is 0.600. The van der Waals surface area contributed by atoms with Gasteiger partial charge in [-0.2, -0.15) is 4.98 Å². The molecule has 0 bridgehead atoms. The first-order chi connectivity index (χ1) is 10.6. The van der Waals surface area contributed by atoms with E-state index in [0.29, 0.717) is 5.78 Å². The molecule has 0 aromatic carbocycles. The molecular formula is C15H24Cl2N6O. The molecule has 1 aliphatic heterocycles. The van der Waals surface area contributed by atoms with E-state index in [4.69, 9.17) is 0 Å². The summed E-state index contributed by atoms with van der Waals surface area (Å²) >= 11 is 0. The van der Waals surface area contributed by atoms with Crippen LogP contribution in [0.25, 0.3) is 5.78 Å². The molecule has 2 aromatic heterocycles. The van der Waals surface area contributed by atoms with Crippen molar-refractivity contribution in [1.29, 1.82) is 0 Å². The molecule has 0 aliphatic carbocycles. The average molecular weight is 375 g/mol. The SMILES string of the molecule is CCCN(C(=O)c1nc2nc(C)cc(C)n2n1)C1CCNC1.Cl.Cl. The summed E-state index contributed by atoms with van der Waals surface area (Å²) in [5.74, 6) is 0.626. The van der Waals surface area contributed by atoms with Crippen LogP contribution in [0.15, 0.2) is 6.07 Å². The van der Waals surface area contributed by atoms with Gasteiger partial charge in [-0.05, 0) is 39.3 Å². The van der Waals surface area contributed by atoms with Crippen LogP contribution in [-0.4, -0.2) is 56.1 Å². The predicted octanol–water partition coefficient (Wildman–Crippen LogP) is 1.80. The minimum absolute atomic E-state index is 0. The van der Waals surface area contributed by atoms with E-state index in [1.807, 2.05) is 24.8 Å². The first kappa shape index (κ1) is 20.6. The second-order valence-corrected chi connectivity index (χ2v) is 5.83. The van der Waals surface area contributed by atoms with Crippen molar-refractivity contribution in [2.75, 3.05) is 19.6 Å². The van der Waals surface area contributed by atoms with Gasteiger partial charge in [0.2, 0.25) is 5.82 Å². The zero-order valence-corrected chi connectivity index (χ0v) is 15.8. The first-order valence-electron chi connectivity index (χ1n) is 7.83. The molecule has 1 unspecified atom stereocenters. The molecule has 1 saturated heterocycles. The number of nitrogens with one attached hydrogen (secondary N) is 1. The van der Waals surface area contributed by atoms with E-state index in [9.17, 15) is 4.79 Å². The summed E-state index contributed by atoms with van der Waals surface area (Å²) in [4.78, 5) is 23.4. The Morgan fingerprint density at radius 3 is 2.75 bits per heavy atom. The van der Waals surface area contributed by atoms with E-state index in [-0.39, 0.29) is 42.6 Å². The highest BCUT2D eigenvalue weighted by Gasteiger charge is 2.29. The van der Waals surface area contributed by atoms with Crippen molar-refractivity contribution in [1.82, 2.24) is 29.8 Å². The van der Waals surface area contributed by atoms with Gasteiger partial charge in [0.15, 0.2) is 0 Å². The largest absolute Gasteiger partial charge is 0.332 e. The van der Waals surface area contributed by atoms with E-state index in [1.54, 1.807) is 4.52 Å². The average Bonchev–Trinajstić information content (AvgIpc) is 3.12. The highest BCUT2D eigenvalue weighted by molar-refractivity contribution is 5.91. The molecule has 9 heteroatoms. The van der Waals surface area contributed by atoms with E-state index >= 15 is 0 Å². The fourth-order valence-corrected chi connectivity index (χ4v) is 2.98. The number of rotatable bonds is 4. The topological polar surface area (TPSA) is 75.4 Å². The molecule has 3 rings (SSSR count). The number of halogens is 2. The number of aromatic nitrogens is 4. The summed E-state index contributed by atoms with van der Waals surface area (Å²) in [5, 5.41) is 7.67. The van der Waals surface area contributed by atoms with Crippen molar-refractivity contribution in [2.45, 2.75) is 39.7 Å². The van der Waals surface area contributed by atoms with E-state index in [1.165, 1.54) is 0 Å². The molecule has 1 aliphatic rings. The maximum Gasteiger partial charge on any atom is 0.293 e. The molecule has 1 N–H and O–H groups in total. The van der Waals surface area contributed by atoms with Gasteiger partial charge in [-0.15, -0.1) is 29.9 Å². The van der Waals surface area contributed by atoms with Crippen LogP contribution in [0.5, 0.6) is 0 Å². The molecule has 0 radical (unpaired) electrons. The lowest BCUT2D eigenvalue weighted by Crippen LogP contribution is -2.42. The first-order valence-corrected chi connectivity index (χ1v) is 7.83. The zero-order valence-electron chi connectivity index (χ0n) is 14.2. The summed E-state index contributed by atoms with van der Waals surface area (Å²) in [5.41, 5.74) is 1.81. The van der Waals surface area contributed by atoms with Gasteiger partial charge >= 0.3 is 0 Å². The number of aryl methyl sites for hydroxylation is 2. The Morgan fingerprint density at radius 2 is 2.12 bits per heavy atom. The van der Waals surface area contributed by atoms with Crippen LogP contribution in [0.3, 0.4) is 0 Å². The third-order valence-corrected chi connectivity index (χ3v) is 4.01. The van der Waals surface area contributed by atoms with E-state index in [2.05, 4.69) is 27.3 Å². The van der Waals surface area contributed by atoms with Gasteiger partial charge in [0, 0.05) is 30.5 Å². The fourth-order valence-electron chi connectivity index (χ4n) is 2.98. The van der Waals surface area contributed by atoms with Crippen LogP contribution in [-0.2, 0) is 0 Å². The number of hydrogen-bond donors (Lipinski definition) is 1. The summed E-state index contributed by atoms with van der Waals surface area (Å²) in [6.45, 7) is 8.46. The Morgan fingerprint density at radius 1 is 1.38 bits per heavy atom. The Labute approximate surface area is 154 Å². The molecule has 1 amide bonds. The van der Waals surface area contributed by atoms with Gasteiger partial charge in [-0.1, -0.05) is 6.92 Å². The third-order valence-electron chi connectivity index (χ3n) is 4.01. The molecule has 0 spiro atoms. The normalized spacial score (nSPS) is 16.5. The van der Waals surface area contributed by atoms with Crippen molar-refractivity contribution in [3.8, 4) is 0 Å². The monoisotopic (exact) mass is 374 g/mol. The minimum atomic E-state index is -0.0990. The molecule has 1 atom stereocenters. The van der Waals surface area contributed by atoms with E-state index in [0.717, 1.165) is 43.9 Å². The summed E-state index contributed by atoms with van der Waals surface area (Å²) in [6.07, 6.45) is 1.90. The van der Waals surface area contributed by atoms with Gasteiger partial charge in [0.05, 0.1) is 0 Å². The predicted molar refractivity (Wildman–Crippen MR) is 97.4 cm³/mol. The molecule has 0 saturated carbocycles. The second kappa shape index (κ2) is 8.60. The molecule has 134 valence electrons. The number of hydrogen-bond acceptors (Lipinski definition) is 5. The molecule has 7 nitrogen and oxygen atoms in total. The molecule has 1 fully saturated rings. The van der Waals surface area contributed by atoms with Crippen molar-refractivity contribution < 1.29 is 4.79 Å². The number of amides is 1. The highest BCUT2D eigenvalue weighted by Crippen LogP contribution is 2.13. The quantitative estimate of drug-likeness (QED) is 0.882. The second-order valence-electron chi connectivity index (χ2n) is 5.83. The lowest BCUT2D eigenvalue weighted by molar-refractivity contribution is 0.0680. The van der Waals surface area contributed by atoms with Gasteiger partial charge in [-0.3, -0.25) is 4.79 Å². The highest BCUT2D eigenvalue weighted by atomic mass is 35.5. The third kappa shape index (κ3) is 3.96. The number of nitrogens with zero attached hydrogens (tertiary/aromatic N) is 5. The van der Waals surface area contributed by atoms with Gasteiger partial charge in [0.1, 0.15) is 0 Å². The lowest BCUT2D eigenvalue weighted by Gasteiger charge is -2.26. The smallest absolute Gasteiger partial charge is 0.293 e. The number of fused-ring (bicyclic) bond motifs is 1. The Balaban J connectivity index is 0.00000144. The summed E-state index contributed by atoms with van der Waals surface area (Å²) in [6, 6.07) is 2.16. The van der Waals surface area contributed by atoms with Crippen LogP contribution in [0, 0.1) is 13.8 Å². The maximum absolute atomic E-state index is 12.8. The van der Waals surface area contributed by atoms with Crippen LogP contribution in [0.1, 0.15) is 41.8 Å². The summed E-state index contributed by atoms with van der Waals surface area (Å²) < 4.78 is 1.64. The number of carbonyl (C=O) groups excluding carboxylic acids is 1. The zero-order chi connectivity index (χ0) is 15.7. The van der Waals surface area contributed by atoms with Gasteiger partial charge in [0.25, 0.3) is 11.7 Å². The molecule has 2 aromatic rings. The van der Waals surface area contributed by atoms with Crippen LogP contribution in [0.2, 0.25) is 0 Å². The molecular weight excluding hydrogens is 351 g/mol. The molecule has 3 heterocycles. The number of carbonyl (C=O) groups is 1. The van der Waals surface area contributed by atoms with Gasteiger partial charge < -0.3 is 10.2 Å². The summed E-state index contributed by atoms with van der Waals surface area (Å²) in [7, 11) is 0. The van der Waals surface area contributed by atoms with Crippen molar-refractivity contribution in [3.05, 3.63) is 23.3 Å². The van der Waals surface area contributed by atoms with Crippen molar-refractivity contribution >= 4 is 36.5 Å². The Bertz CT molecular complexity index is 699. The molecule has 24 heavy (non-hydrogen) atoms. The van der Waals surface area contributed by atoms with Crippen LogP contribution in [0.4, 0.5) is 0 Å². The Hall–Kier alpha value is -1.44.